The highest BCUT2D eigenvalue weighted by Crippen LogP contribution is 2.23. The first-order valence-electron chi connectivity index (χ1n) is 7.46. The van der Waals surface area contributed by atoms with Crippen LogP contribution in [-0.4, -0.2) is 50.6 Å². The molecule has 0 aromatic carbocycles. The zero-order valence-corrected chi connectivity index (χ0v) is 15.7. The number of amides is 1. The van der Waals surface area contributed by atoms with Gasteiger partial charge in [-0.1, -0.05) is 20.8 Å². The van der Waals surface area contributed by atoms with Crippen LogP contribution in [-0.2, 0) is 4.79 Å². The molecule has 6 heteroatoms. The quantitative estimate of drug-likeness (QED) is 0.806. The molecule has 0 aromatic heterocycles. The number of hydrogen-bond acceptors (Lipinski definition) is 3. The van der Waals surface area contributed by atoms with Crippen LogP contribution in [0, 0.1) is 11.3 Å². The van der Waals surface area contributed by atoms with Gasteiger partial charge in [-0.05, 0) is 58.4 Å². The molecular weight excluding hydrogens is 309 g/mol. The van der Waals surface area contributed by atoms with Crippen LogP contribution >= 0.6 is 24.8 Å². The van der Waals surface area contributed by atoms with Crippen LogP contribution in [0.5, 0.6) is 0 Å². The van der Waals surface area contributed by atoms with Crippen LogP contribution in [0.4, 0.5) is 0 Å². The molecule has 1 rings (SSSR count). The highest BCUT2D eigenvalue weighted by Gasteiger charge is 2.29. The van der Waals surface area contributed by atoms with Gasteiger partial charge in [0.1, 0.15) is 0 Å². The SMILES string of the molecule is CN(C)CCC(NC(=O)C1CCNCC1)C(C)(C)C.Cl.Cl. The maximum atomic E-state index is 12.3. The number of carbonyl (C=O) groups is 1. The fourth-order valence-electron chi connectivity index (χ4n) is 2.48. The largest absolute Gasteiger partial charge is 0.353 e. The van der Waals surface area contributed by atoms with Crippen molar-refractivity contribution in [2.75, 3.05) is 33.7 Å². The summed E-state index contributed by atoms with van der Waals surface area (Å²) in [6.45, 7) is 9.56. The van der Waals surface area contributed by atoms with Crippen molar-refractivity contribution >= 4 is 30.7 Å². The summed E-state index contributed by atoms with van der Waals surface area (Å²) < 4.78 is 0. The maximum absolute atomic E-state index is 12.3. The average molecular weight is 342 g/mol. The van der Waals surface area contributed by atoms with Gasteiger partial charge < -0.3 is 15.5 Å². The first kappa shape index (κ1) is 23.2. The van der Waals surface area contributed by atoms with Crippen molar-refractivity contribution in [1.82, 2.24) is 15.5 Å². The lowest BCUT2D eigenvalue weighted by Crippen LogP contribution is -2.48. The lowest BCUT2D eigenvalue weighted by atomic mass is 9.84. The molecule has 0 aliphatic carbocycles. The molecule has 1 heterocycles. The third-order valence-corrected chi connectivity index (χ3v) is 3.94. The van der Waals surface area contributed by atoms with Crippen LogP contribution < -0.4 is 10.6 Å². The van der Waals surface area contributed by atoms with E-state index >= 15 is 0 Å². The summed E-state index contributed by atoms with van der Waals surface area (Å²) in [6.07, 6.45) is 2.94. The molecule has 0 saturated carbocycles. The van der Waals surface area contributed by atoms with Gasteiger partial charge in [-0.25, -0.2) is 0 Å². The fraction of sp³-hybridized carbons (Fsp3) is 0.933. The van der Waals surface area contributed by atoms with Gasteiger partial charge in [0, 0.05) is 12.0 Å². The van der Waals surface area contributed by atoms with Gasteiger partial charge in [-0.2, -0.15) is 0 Å². The van der Waals surface area contributed by atoms with E-state index in [0.717, 1.165) is 38.9 Å². The molecule has 0 bridgehead atoms. The second-order valence-electron chi connectivity index (χ2n) is 7.04. The maximum Gasteiger partial charge on any atom is 0.223 e. The van der Waals surface area contributed by atoms with Crippen molar-refractivity contribution in [3.8, 4) is 0 Å². The fourth-order valence-corrected chi connectivity index (χ4v) is 2.48. The van der Waals surface area contributed by atoms with Crippen LogP contribution in [0.15, 0.2) is 0 Å². The number of rotatable bonds is 5. The Kier molecular flexibility index (Phi) is 11.8. The molecule has 1 amide bonds. The van der Waals surface area contributed by atoms with Crippen LogP contribution in [0.1, 0.15) is 40.0 Å². The Labute approximate surface area is 142 Å². The Balaban J connectivity index is 0. The predicted molar refractivity (Wildman–Crippen MR) is 94.6 cm³/mol. The molecule has 1 unspecified atom stereocenters. The number of nitrogens with one attached hydrogen (secondary N) is 2. The standard InChI is InChI=1S/C15H31N3O.2ClH/c1-15(2,3)13(8-11-18(4)5)17-14(19)12-6-9-16-10-7-12;;/h12-13,16H,6-11H2,1-5H3,(H,17,19);2*1H. The van der Waals surface area contributed by atoms with Crippen molar-refractivity contribution < 1.29 is 4.79 Å². The summed E-state index contributed by atoms with van der Waals surface area (Å²) in [7, 11) is 4.16. The van der Waals surface area contributed by atoms with E-state index in [-0.39, 0.29) is 48.1 Å². The first-order chi connectivity index (χ1) is 8.80. The van der Waals surface area contributed by atoms with Crippen molar-refractivity contribution in [2.45, 2.75) is 46.1 Å². The van der Waals surface area contributed by atoms with Crippen LogP contribution in [0.3, 0.4) is 0 Å². The summed E-state index contributed by atoms with van der Waals surface area (Å²) in [4.78, 5) is 14.5. The summed E-state index contributed by atoms with van der Waals surface area (Å²) in [6, 6.07) is 0.247. The second-order valence-corrected chi connectivity index (χ2v) is 7.04. The van der Waals surface area contributed by atoms with Gasteiger partial charge in [-0.3, -0.25) is 4.79 Å². The Bertz CT molecular complexity index is 287. The highest BCUT2D eigenvalue weighted by molar-refractivity contribution is 5.85. The van der Waals surface area contributed by atoms with E-state index < -0.39 is 0 Å². The minimum Gasteiger partial charge on any atom is -0.353 e. The van der Waals surface area contributed by atoms with E-state index in [0.29, 0.717) is 0 Å². The van der Waals surface area contributed by atoms with E-state index in [4.69, 9.17) is 0 Å². The normalized spacial score (nSPS) is 17.6. The molecule has 128 valence electrons. The lowest BCUT2D eigenvalue weighted by molar-refractivity contribution is -0.127. The molecule has 4 nitrogen and oxygen atoms in total. The topological polar surface area (TPSA) is 44.4 Å². The predicted octanol–water partition coefficient (Wildman–Crippen LogP) is 2.31. The summed E-state index contributed by atoms with van der Waals surface area (Å²) >= 11 is 0. The van der Waals surface area contributed by atoms with Gasteiger partial charge in [0.15, 0.2) is 0 Å². The highest BCUT2D eigenvalue weighted by atomic mass is 35.5. The number of piperidine rings is 1. The Morgan fingerprint density at radius 1 is 1.24 bits per heavy atom. The van der Waals surface area contributed by atoms with E-state index in [1.165, 1.54) is 0 Å². The van der Waals surface area contributed by atoms with Crippen molar-refractivity contribution in [3.63, 3.8) is 0 Å². The van der Waals surface area contributed by atoms with Crippen molar-refractivity contribution in [3.05, 3.63) is 0 Å². The Hall–Kier alpha value is -0.0300. The average Bonchev–Trinajstić information content (AvgIpc) is 2.33. The van der Waals surface area contributed by atoms with Crippen molar-refractivity contribution in [2.24, 2.45) is 11.3 Å². The summed E-state index contributed by atoms with van der Waals surface area (Å²) in [5, 5.41) is 6.60. The molecule has 1 saturated heterocycles. The minimum absolute atomic E-state index is 0. The summed E-state index contributed by atoms with van der Waals surface area (Å²) in [5.41, 5.74) is 0.110. The third-order valence-electron chi connectivity index (χ3n) is 3.94. The Morgan fingerprint density at radius 2 is 1.76 bits per heavy atom. The van der Waals surface area contributed by atoms with E-state index in [9.17, 15) is 4.79 Å². The monoisotopic (exact) mass is 341 g/mol. The van der Waals surface area contributed by atoms with E-state index in [1.807, 2.05) is 0 Å². The molecule has 1 aliphatic rings. The number of nitrogens with zero attached hydrogens (tertiary/aromatic N) is 1. The van der Waals surface area contributed by atoms with Gasteiger partial charge in [-0.15, -0.1) is 24.8 Å². The number of hydrogen-bond donors (Lipinski definition) is 2. The van der Waals surface area contributed by atoms with Gasteiger partial charge in [0.25, 0.3) is 0 Å². The molecule has 0 radical (unpaired) electrons. The molecule has 2 N–H and O–H groups in total. The molecule has 0 aromatic rings. The third kappa shape index (κ3) is 8.87. The smallest absolute Gasteiger partial charge is 0.223 e. The van der Waals surface area contributed by atoms with E-state index in [2.05, 4.69) is 50.4 Å². The molecule has 0 spiro atoms. The lowest BCUT2D eigenvalue weighted by Gasteiger charge is -2.34. The van der Waals surface area contributed by atoms with Gasteiger partial charge >= 0.3 is 0 Å². The zero-order chi connectivity index (χ0) is 14.5. The van der Waals surface area contributed by atoms with Crippen LogP contribution in [0.25, 0.3) is 0 Å². The number of halogens is 2. The number of carbonyl (C=O) groups excluding carboxylic acids is 1. The Morgan fingerprint density at radius 3 is 2.19 bits per heavy atom. The molecular formula is C15H33Cl2N3O. The molecule has 1 atom stereocenters. The minimum atomic E-state index is 0. The first-order valence-corrected chi connectivity index (χ1v) is 7.46. The molecule has 1 aliphatic heterocycles. The molecule has 1 fully saturated rings. The zero-order valence-electron chi connectivity index (χ0n) is 14.1. The molecule has 21 heavy (non-hydrogen) atoms. The second kappa shape index (κ2) is 10.7. The van der Waals surface area contributed by atoms with Crippen LogP contribution in [0.2, 0.25) is 0 Å². The van der Waals surface area contributed by atoms with Gasteiger partial charge in [0.05, 0.1) is 0 Å². The summed E-state index contributed by atoms with van der Waals surface area (Å²) in [5.74, 6) is 0.450. The van der Waals surface area contributed by atoms with Gasteiger partial charge in [0.2, 0.25) is 5.91 Å². The van der Waals surface area contributed by atoms with E-state index in [1.54, 1.807) is 0 Å². The van der Waals surface area contributed by atoms with Crippen molar-refractivity contribution in [1.29, 1.82) is 0 Å².